The third-order valence-corrected chi connectivity index (χ3v) is 3.18. The van der Waals surface area contributed by atoms with Crippen LogP contribution < -0.4 is 0 Å². The predicted molar refractivity (Wildman–Crippen MR) is 69.6 cm³/mol. The molecule has 0 heterocycles. The molecule has 0 fully saturated rings. The maximum atomic E-state index is 7.50. The Morgan fingerprint density at radius 3 is 1.45 bits per heavy atom. The molecule has 0 aliphatic rings. The van der Waals surface area contributed by atoms with Crippen LogP contribution in [0.5, 0.6) is 0 Å². The van der Waals surface area contributed by atoms with Gasteiger partial charge < -0.3 is 0 Å². The molecule has 0 amide bonds. The first-order valence-corrected chi connectivity index (χ1v) is 7.07. The molecule has 122 valence electrons. The Morgan fingerprint density at radius 1 is 0.909 bits per heavy atom. The van der Waals surface area contributed by atoms with Gasteiger partial charge in [0.1, 0.15) is 0 Å². The van der Waals surface area contributed by atoms with E-state index in [0.29, 0.717) is 5.41 Å². The van der Waals surface area contributed by atoms with Gasteiger partial charge in [0.2, 0.25) is 0 Å². The van der Waals surface area contributed by atoms with Crippen LogP contribution in [-0.2, 0) is 47.4 Å². The summed E-state index contributed by atoms with van der Waals surface area (Å²) >= 11 is 1.47. The monoisotopic (exact) mass is 480 g/mol. The van der Waals surface area contributed by atoms with Crippen LogP contribution in [0, 0.1) is 38.7 Å². The zero-order valence-corrected chi connectivity index (χ0v) is 16.1. The molecule has 0 radical (unpaired) electrons. The normalized spacial score (nSPS) is 6.82. The zero-order chi connectivity index (χ0) is 19.6. The fraction of sp³-hybridized carbons (Fsp3) is 0.600. The van der Waals surface area contributed by atoms with E-state index in [1.807, 2.05) is 0 Å². The van der Waals surface area contributed by atoms with E-state index < -0.39 is 0 Å². The number of hydrogen-bond acceptors (Lipinski definition) is 1. The second-order valence-electron chi connectivity index (χ2n) is 4.02. The van der Waals surface area contributed by atoms with Gasteiger partial charge in [0.05, 0.1) is 0 Å². The Morgan fingerprint density at radius 2 is 1.23 bits per heavy atom. The van der Waals surface area contributed by atoms with Crippen molar-refractivity contribution in [1.29, 1.82) is 0 Å². The van der Waals surface area contributed by atoms with Crippen LogP contribution in [0.1, 0.15) is 46.5 Å². The van der Waals surface area contributed by atoms with Crippen LogP contribution in [0.25, 0.3) is 0 Å². The average Bonchev–Trinajstić information content (AvgIpc) is 2.61. The van der Waals surface area contributed by atoms with Crippen LogP contribution >= 0.6 is 0 Å². The van der Waals surface area contributed by atoms with Crippen molar-refractivity contribution in [2.24, 2.45) is 5.41 Å². The fourth-order valence-corrected chi connectivity index (χ4v) is 2.61. The number of rotatable bonds is 6. The van der Waals surface area contributed by atoms with Gasteiger partial charge in [-0.05, 0) is 0 Å². The number of hydrogen-bond donors (Lipinski definition) is 0. The molecule has 22 heavy (non-hydrogen) atoms. The molecule has 0 aliphatic carbocycles. The summed E-state index contributed by atoms with van der Waals surface area (Å²) in [6, 6.07) is 0. The van der Waals surface area contributed by atoms with Gasteiger partial charge in [0.15, 0.2) is 0 Å². The summed E-state index contributed by atoms with van der Waals surface area (Å²) in [7, 11) is 1.78. The van der Waals surface area contributed by atoms with Gasteiger partial charge in [-0.1, -0.05) is 0 Å². The van der Waals surface area contributed by atoms with Gasteiger partial charge in [-0.2, -0.15) is 0 Å². The van der Waals surface area contributed by atoms with E-state index in [2.05, 4.69) is 54.0 Å². The maximum absolute atomic E-state index is 7.50. The Balaban J connectivity index is -0.0000000540. The minimum atomic E-state index is 0.434. The van der Waals surface area contributed by atoms with Crippen molar-refractivity contribution < 1.29 is 47.4 Å². The molecular weight excluding hydrogens is 460 g/mol. The average molecular weight is 480 g/mol. The summed E-state index contributed by atoms with van der Waals surface area (Å²) in [4.78, 5) is 0. The molecule has 0 aromatic heterocycles. The first-order valence-electron chi connectivity index (χ1n) is 5.60. The van der Waals surface area contributed by atoms with Gasteiger partial charge in [-0.25, -0.2) is 0 Å². The molecule has 0 aromatic rings. The standard InChI is InChI=1S/C10H20O.5CO.W/c1-5-6-7-10(2,3)8-9-11-4;5*1-2;/h5-8H2,1-4H3;;;;;;. The van der Waals surface area contributed by atoms with Crippen LogP contribution in [0.3, 0.4) is 0 Å². The van der Waals surface area contributed by atoms with Crippen molar-refractivity contribution in [3.63, 3.8) is 0 Å². The molecule has 0 aliphatic heterocycles. The number of unbranched alkanes of at least 4 members (excludes halogenated alkanes) is 1. The second kappa shape index (κ2) is 42.7. The topological polar surface area (TPSA) is 109 Å². The van der Waals surface area contributed by atoms with Crippen molar-refractivity contribution in [3.05, 3.63) is 33.3 Å². The van der Waals surface area contributed by atoms with Crippen molar-refractivity contribution in [3.8, 4) is 0 Å². The van der Waals surface area contributed by atoms with Crippen LogP contribution in [0.15, 0.2) is 0 Å². The Kier molecular flexibility index (Phi) is 72.8. The summed E-state index contributed by atoms with van der Waals surface area (Å²) in [5, 5.41) is 0. The molecule has 0 unspecified atom stereocenters. The van der Waals surface area contributed by atoms with Crippen molar-refractivity contribution in [1.82, 2.24) is 0 Å². The number of methoxy groups -OCH3 is 1. The summed E-state index contributed by atoms with van der Waals surface area (Å²) < 4.78 is 44.0. The molecule has 7 heteroatoms. The van der Waals surface area contributed by atoms with Crippen LogP contribution in [0.2, 0.25) is 0 Å². The molecule has 0 N–H and O–H groups in total. The molecule has 0 atom stereocenters. The summed E-state index contributed by atoms with van der Waals surface area (Å²) in [5.41, 5.74) is 0.434. The predicted octanol–water partition coefficient (Wildman–Crippen LogP) is 2.73. The molecule has 0 aromatic carbocycles. The van der Waals surface area contributed by atoms with E-state index in [1.54, 1.807) is 7.11 Å². The third kappa shape index (κ3) is 50.7. The third-order valence-electron chi connectivity index (χ3n) is 2.06. The molecule has 0 saturated carbocycles. The minimum absolute atomic E-state index is 0.434. The fourth-order valence-electron chi connectivity index (χ4n) is 1.21. The SMILES string of the molecule is CCCCC(C)(C)C[C](=[W])OC.[C-]#[O+].[C-]#[O+].[C-]#[O+].[C-]#[O+].[C-]#[O+]. The molecule has 6 nitrogen and oxygen atoms in total. The van der Waals surface area contributed by atoms with Crippen LogP contribution in [-0.4, -0.2) is 11.2 Å². The molecular formula is C15H20O6W. The first-order chi connectivity index (χ1) is 10.5. The van der Waals surface area contributed by atoms with E-state index in [1.165, 1.54) is 42.7 Å². The van der Waals surface area contributed by atoms with Gasteiger partial charge in [-0.3, -0.25) is 0 Å². The van der Waals surface area contributed by atoms with E-state index >= 15 is 0 Å². The van der Waals surface area contributed by atoms with Crippen molar-refractivity contribution in [2.75, 3.05) is 7.11 Å². The molecule has 0 spiro atoms. The second-order valence-corrected chi connectivity index (χ2v) is 5.66. The Hall–Kier alpha value is -0.782. The van der Waals surface area contributed by atoms with Gasteiger partial charge in [0, 0.05) is 0 Å². The van der Waals surface area contributed by atoms with E-state index in [-0.39, 0.29) is 0 Å². The van der Waals surface area contributed by atoms with E-state index in [0.717, 1.165) is 6.42 Å². The van der Waals surface area contributed by atoms with E-state index in [9.17, 15) is 0 Å². The Bertz CT molecular complexity index is 277. The first kappa shape index (κ1) is 37.5. The van der Waals surface area contributed by atoms with Crippen molar-refractivity contribution >= 4 is 4.08 Å². The number of ether oxygens (including phenoxy) is 1. The van der Waals surface area contributed by atoms with Gasteiger partial charge in [-0.15, -0.1) is 0 Å². The summed E-state index contributed by atoms with van der Waals surface area (Å²) in [5.74, 6) is 0. The summed E-state index contributed by atoms with van der Waals surface area (Å²) in [6.07, 6.45) is 5.06. The van der Waals surface area contributed by atoms with Crippen LogP contribution in [0.4, 0.5) is 0 Å². The summed E-state index contributed by atoms with van der Waals surface area (Å²) in [6.45, 7) is 29.4. The van der Waals surface area contributed by atoms with Gasteiger partial charge in [0.25, 0.3) is 0 Å². The Labute approximate surface area is 144 Å². The van der Waals surface area contributed by atoms with Gasteiger partial charge >= 0.3 is 144 Å². The molecule has 0 rings (SSSR count). The van der Waals surface area contributed by atoms with E-state index in [4.69, 9.17) is 28.0 Å². The zero-order valence-electron chi connectivity index (χ0n) is 13.2. The quantitative estimate of drug-likeness (QED) is 0.423. The molecule has 0 saturated heterocycles. The molecule has 0 bridgehead atoms. The van der Waals surface area contributed by atoms with Crippen molar-refractivity contribution in [2.45, 2.75) is 46.5 Å².